The van der Waals surface area contributed by atoms with E-state index < -0.39 is 10.0 Å². The van der Waals surface area contributed by atoms with Crippen molar-refractivity contribution in [3.63, 3.8) is 0 Å². The van der Waals surface area contributed by atoms with Crippen molar-refractivity contribution < 1.29 is 17.9 Å². The van der Waals surface area contributed by atoms with Crippen molar-refractivity contribution in [1.82, 2.24) is 19.9 Å². The zero-order chi connectivity index (χ0) is 21.0. The van der Waals surface area contributed by atoms with E-state index in [1.54, 1.807) is 6.20 Å². The van der Waals surface area contributed by atoms with E-state index in [9.17, 15) is 13.5 Å². The maximum atomic E-state index is 11.6. The first-order valence-corrected chi connectivity index (χ1v) is 12.3. The first-order chi connectivity index (χ1) is 13.7. The number of hydrogen-bond donors (Lipinski definition) is 3. The van der Waals surface area contributed by atoms with Gasteiger partial charge in [0.1, 0.15) is 5.76 Å². The monoisotopic (exact) mass is 442 g/mol. The first-order valence-electron chi connectivity index (χ1n) is 9.40. The Balaban J connectivity index is 1.75. The molecule has 0 saturated heterocycles. The average molecular weight is 443 g/mol. The normalized spacial score (nSPS) is 15.5. The van der Waals surface area contributed by atoms with Gasteiger partial charge in [0.2, 0.25) is 27.8 Å². The third-order valence-electron chi connectivity index (χ3n) is 4.08. The lowest BCUT2D eigenvalue weighted by molar-refractivity contribution is 0.259. The zero-order valence-electron chi connectivity index (χ0n) is 16.6. The Morgan fingerprint density at radius 1 is 1.28 bits per heavy atom. The molecule has 0 aliphatic heterocycles. The van der Waals surface area contributed by atoms with Gasteiger partial charge in [0.05, 0.1) is 30.9 Å². The van der Waals surface area contributed by atoms with Gasteiger partial charge in [0, 0.05) is 5.92 Å². The number of thioether (sulfide) groups is 1. The predicted molar refractivity (Wildman–Crippen MR) is 110 cm³/mol. The quantitative estimate of drug-likeness (QED) is 0.443. The molecule has 3 rings (SSSR count). The summed E-state index contributed by atoms with van der Waals surface area (Å²) in [7, 11) is -3.55. The highest BCUT2D eigenvalue weighted by Crippen LogP contribution is 2.40. The Hall–Kier alpha value is -1.92. The lowest BCUT2D eigenvalue weighted by atomic mass is 10.0. The molecule has 2 aromatic rings. The predicted octanol–water partition coefficient (Wildman–Crippen LogP) is 2.22. The SMILES string of the molecule is CC(C)C[C@H](CO)Nc1nc(NS(C)(=O)=O)nc(SCc2ncc(C3CC3)o2)n1. The number of aliphatic hydroxyl groups excluding tert-OH is 1. The van der Waals surface area contributed by atoms with Gasteiger partial charge >= 0.3 is 0 Å². The van der Waals surface area contributed by atoms with Crippen LogP contribution >= 0.6 is 11.8 Å². The van der Waals surface area contributed by atoms with Crippen LogP contribution in [0.4, 0.5) is 11.9 Å². The lowest BCUT2D eigenvalue weighted by Gasteiger charge is -2.18. The standard InChI is InChI=1S/C17H26N6O4S2/c1-10(2)6-12(8-24)19-15-20-16(23-29(3,25)26)22-17(21-15)28-9-14-18-7-13(27-14)11-4-5-11/h7,10-12,24H,4-6,8-9H2,1-3H3,(H2,19,20,21,22,23)/t12-/m1/s1. The molecule has 0 bridgehead atoms. The van der Waals surface area contributed by atoms with Crippen LogP contribution in [0.15, 0.2) is 15.8 Å². The smallest absolute Gasteiger partial charge is 0.242 e. The number of anilines is 2. The molecule has 0 spiro atoms. The van der Waals surface area contributed by atoms with Gasteiger partial charge in [0.15, 0.2) is 5.16 Å². The molecule has 10 nitrogen and oxygen atoms in total. The van der Waals surface area contributed by atoms with Gasteiger partial charge in [-0.15, -0.1) is 0 Å². The summed E-state index contributed by atoms with van der Waals surface area (Å²) in [6.07, 6.45) is 5.75. The third kappa shape index (κ3) is 7.12. The van der Waals surface area contributed by atoms with E-state index in [0.717, 1.165) is 24.9 Å². The summed E-state index contributed by atoms with van der Waals surface area (Å²) in [4.78, 5) is 16.9. The highest BCUT2D eigenvalue weighted by molar-refractivity contribution is 7.98. The van der Waals surface area contributed by atoms with Gasteiger partial charge in [-0.1, -0.05) is 25.6 Å². The van der Waals surface area contributed by atoms with Crippen LogP contribution in [-0.4, -0.2) is 52.4 Å². The molecule has 1 atom stereocenters. The molecule has 29 heavy (non-hydrogen) atoms. The summed E-state index contributed by atoms with van der Waals surface area (Å²) >= 11 is 1.27. The highest BCUT2D eigenvalue weighted by Gasteiger charge is 2.27. The van der Waals surface area contributed by atoms with E-state index in [-0.39, 0.29) is 24.5 Å². The summed E-state index contributed by atoms with van der Waals surface area (Å²) in [6.45, 7) is 3.99. The van der Waals surface area contributed by atoms with E-state index in [4.69, 9.17) is 4.42 Å². The fourth-order valence-corrected chi connectivity index (χ4v) is 3.81. The fraction of sp³-hybridized carbons (Fsp3) is 0.647. The zero-order valence-corrected chi connectivity index (χ0v) is 18.3. The van der Waals surface area contributed by atoms with E-state index in [0.29, 0.717) is 35.1 Å². The van der Waals surface area contributed by atoms with Gasteiger partial charge in [-0.05, 0) is 25.2 Å². The molecule has 0 amide bonds. The van der Waals surface area contributed by atoms with E-state index in [2.05, 4.69) is 30.0 Å². The molecule has 0 aromatic carbocycles. The largest absolute Gasteiger partial charge is 0.445 e. The number of aliphatic hydroxyl groups is 1. The molecule has 3 N–H and O–H groups in total. The van der Waals surface area contributed by atoms with Gasteiger partial charge in [-0.2, -0.15) is 15.0 Å². The van der Waals surface area contributed by atoms with E-state index >= 15 is 0 Å². The Morgan fingerprint density at radius 2 is 2.00 bits per heavy atom. The second-order valence-electron chi connectivity index (χ2n) is 7.51. The molecule has 1 aliphatic rings. The second kappa shape index (κ2) is 9.26. The molecular weight excluding hydrogens is 416 g/mol. The third-order valence-corrected chi connectivity index (χ3v) is 5.46. The van der Waals surface area contributed by atoms with Crippen molar-refractivity contribution in [2.45, 2.75) is 56.0 Å². The molecule has 1 saturated carbocycles. The highest BCUT2D eigenvalue weighted by atomic mass is 32.2. The van der Waals surface area contributed by atoms with Gasteiger partial charge < -0.3 is 14.8 Å². The van der Waals surface area contributed by atoms with Crippen LogP contribution in [0.3, 0.4) is 0 Å². The molecule has 1 aliphatic carbocycles. The number of nitrogens with zero attached hydrogens (tertiary/aromatic N) is 4. The van der Waals surface area contributed by atoms with Crippen molar-refractivity contribution in [3.05, 3.63) is 17.8 Å². The minimum atomic E-state index is -3.55. The topological polar surface area (TPSA) is 143 Å². The van der Waals surface area contributed by atoms with Gasteiger partial charge in [0.25, 0.3) is 0 Å². The Labute approximate surface area is 174 Å². The number of nitrogens with one attached hydrogen (secondary N) is 2. The van der Waals surface area contributed by atoms with Crippen LogP contribution in [0.1, 0.15) is 50.7 Å². The number of hydrogen-bond acceptors (Lipinski definition) is 10. The minimum Gasteiger partial charge on any atom is -0.445 e. The van der Waals surface area contributed by atoms with Crippen molar-refractivity contribution >= 4 is 33.7 Å². The second-order valence-corrected chi connectivity index (χ2v) is 10.2. The van der Waals surface area contributed by atoms with Gasteiger partial charge in [-0.25, -0.2) is 13.4 Å². The van der Waals surface area contributed by atoms with Crippen LogP contribution in [0.5, 0.6) is 0 Å². The number of rotatable bonds is 11. The molecule has 0 unspecified atom stereocenters. The summed E-state index contributed by atoms with van der Waals surface area (Å²) < 4.78 is 31.2. The van der Waals surface area contributed by atoms with Crippen LogP contribution in [-0.2, 0) is 15.8 Å². The molecule has 160 valence electrons. The molecular formula is C17H26N6O4S2. The molecule has 2 aromatic heterocycles. The van der Waals surface area contributed by atoms with Crippen molar-refractivity contribution in [2.24, 2.45) is 5.92 Å². The van der Waals surface area contributed by atoms with Gasteiger partial charge in [-0.3, -0.25) is 4.72 Å². The van der Waals surface area contributed by atoms with Crippen LogP contribution in [0, 0.1) is 5.92 Å². The maximum absolute atomic E-state index is 11.6. The summed E-state index contributed by atoms with van der Waals surface area (Å²) in [5, 5.41) is 13.0. The molecule has 12 heteroatoms. The molecule has 0 radical (unpaired) electrons. The van der Waals surface area contributed by atoms with E-state index in [1.165, 1.54) is 11.8 Å². The van der Waals surface area contributed by atoms with E-state index in [1.807, 2.05) is 13.8 Å². The average Bonchev–Trinajstić information content (AvgIpc) is 3.36. The molecule has 2 heterocycles. The van der Waals surface area contributed by atoms with Crippen molar-refractivity contribution in [3.8, 4) is 0 Å². The Bertz CT molecular complexity index is 930. The van der Waals surface area contributed by atoms with Crippen LogP contribution in [0.2, 0.25) is 0 Å². The fourth-order valence-electron chi connectivity index (χ4n) is 2.70. The lowest BCUT2D eigenvalue weighted by Crippen LogP contribution is -2.27. The first kappa shape index (κ1) is 21.8. The number of aromatic nitrogens is 4. The van der Waals surface area contributed by atoms with Crippen LogP contribution < -0.4 is 10.0 Å². The number of oxazole rings is 1. The summed E-state index contributed by atoms with van der Waals surface area (Å²) in [6, 6.07) is -0.255. The summed E-state index contributed by atoms with van der Waals surface area (Å²) in [5.74, 6) is 2.82. The van der Waals surface area contributed by atoms with Crippen molar-refractivity contribution in [2.75, 3.05) is 22.9 Å². The van der Waals surface area contributed by atoms with Crippen molar-refractivity contribution in [1.29, 1.82) is 0 Å². The molecule has 1 fully saturated rings. The Kier molecular flexibility index (Phi) is 6.96. The number of sulfonamides is 1. The van der Waals surface area contributed by atoms with Crippen LogP contribution in [0.25, 0.3) is 0 Å². The minimum absolute atomic E-state index is 0.0835. The maximum Gasteiger partial charge on any atom is 0.242 e. The Morgan fingerprint density at radius 3 is 2.62 bits per heavy atom. The summed E-state index contributed by atoms with van der Waals surface area (Å²) in [5.41, 5.74) is 0.